The van der Waals surface area contributed by atoms with Crippen molar-refractivity contribution in [3.05, 3.63) is 53.1 Å². The van der Waals surface area contributed by atoms with Crippen molar-refractivity contribution >= 4 is 45.4 Å². The fraction of sp³-hybridized carbons (Fsp3) is 0.333. The van der Waals surface area contributed by atoms with E-state index < -0.39 is 0 Å². The van der Waals surface area contributed by atoms with Crippen LogP contribution in [-0.4, -0.2) is 57.5 Å². The summed E-state index contributed by atoms with van der Waals surface area (Å²) in [5, 5.41) is 7.75. The number of hydrogen-bond acceptors (Lipinski definition) is 7. The highest BCUT2D eigenvalue weighted by molar-refractivity contribution is 6.33. The lowest BCUT2D eigenvalue weighted by Gasteiger charge is -2.38. The van der Waals surface area contributed by atoms with Gasteiger partial charge in [-0.25, -0.2) is 9.97 Å². The summed E-state index contributed by atoms with van der Waals surface area (Å²) in [5.74, 6) is -0.299. The molecule has 1 fully saturated rings. The Morgan fingerprint density at radius 2 is 1.97 bits per heavy atom. The summed E-state index contributed by atoms with van der Waals surface area (Å²) < 4.78 is 7.05. The monoisotopic (exact) mass is 479 g/mol. The summed E-state index contributed by atoms with van der Waals surface area (Å²) >= 11 is 6.39. The fourth-order valence-corrected chi connectivity index (χ4v) is 4.87. The van der Waals surface area contributed by atoms with Crippen LogP contribution >= 0.6 is 11.6 Å². The van der Waals surface area contributed by atoms with E-state index in [0.717, 1.165) is 29.9 Å². The number of halogens is 1. The standard InChI is InChI=1S/C24H26ClN7O2/c1-13-9-31(10-14(2)27-13)20-6-5-17(21-18(20)8-26-24(30-21)34-4)23(33)29-16-7-19(25)22-28-15(3)11-32(22)12-16/h5-8,11-14,27H,9-10H2,1-4H3,(H,29,33)/t13-,14-/m0/s1. The molecule has 0 aliphatic carbocycles. The quantitative estimate of drug-likeness (QED) is 0.460. The second-order valence-corrected chi connectivity index (χ2v) is 9.18. The van der Waals surface area contributed by atoms with Gasteiger partial charge in [0.05, 0.1) is 34.6 Å². The topological polar surface area (TPSA) is 96.7 Å². The summed E-state index contributed by atoms with van der Waals surface area (Å²) in [6.45, 7) is 7.91. The highest BCUT2D eigenvalue weighted by Crippen LogP contribution is 2.31. The van der Waals surface area contributed by atoms with Gasteiger partial charge in [0.25, 0.3) is 5.91 Å². The molecule has 0 bridgehead atoms. The van der Waals surface area contributed by atoms with Gasteiger partial charge in [-0.3, -0.25) is 4.79 Å². The number of carbonyl (C=O) groups excluding carboxylic acids is 1. The predicted octanol–water partition coefficient (Wildman–Crippen LogP) is 3.69. The van der Waals surface area contributed by atoms with Gasteiger partial charge in [-0.1, -0.05) is 11.6 Å². The Bertz CT molecular complexity index is 1390. The number of fused-ring (bicyclic) bond motifs is 2. The van der Waals surface area contributed by atoms with E-state index in [2.05, 4.69) is 44.3 Å². The molecular weight excluding hydrogens is 454 g/mol. The molecule has 4 heterocycles. The van der Waals surface area contributed by atoms with E-state index in [1.807, 2.05) is 19.2 Å². The van der Waals surface area contributed by atoms with Crippen molar-refractivity contribution in [1.82, 2.24) is 24.7 Å². The largest absolute Gasteiger partial charge is 0.467 e. The van der Waals surface area contributed by atoms with Crippen LogP contribution in [0.5, 0.6) is 6.01 Å². The Morgan fingerprint density at radius 1 is 1.21 bits per heavy atom. The molecule has 1 amide bonds. The summed E-state index contributed by atoms with van der Waals surface area (Å²) in [6, 6.07) is 6.35. The summed E-state index contributed by atoms with van der Waals surface area (Å²) in [4.78, 5) is 28.9. The van der Waals surface area contributed by atoms with E-state index in [-0.39, 0.29) is 11.9 Å². The molecule has 4 aromatic rings. The highest BCUT2D eigenvalue weighted by Gasteiger charge is 2.24. The Labute approximate surface area is 202 Å². The smallest absolute Gasteiger partial charge is 0.316 e. The third-order valence-corrected chi connectivity index (χ3v) is 6.19. The van der Waals surface area contributed by atoms with Gasteiger partial charge in [0, 0.05) is 54.8 Å². The van der Waals surface area contributed by atoms with Gasteiger partial charge < -0.3 is 24.7 Å². The first-order valence-electron chi connectivity index (χ1n) is 11.1. The molecule has 1 saturated heterocycles. The number of nitrogens with zero attached hydrogens (tertiary/aromatic N) is 5. The molecule has 2 atom stereocenters. The van der Waals surface area contributed by atoms with E-state index in [4.69, 9.17) is 16.3 Å². The van der Waals surface area contributed by atoms with Crippen molar-refractivity contribution in [3.8, 4) is 6.01 Å². The number of anilines is 2. The van der Waals surface area contributed by atoms with Crippen molar-refractivity contribution in [2.75, 3.05) is 30.4 Å². The lowest BCUT2D eigenvalue weighted by atomic mass is 10.0. The summed E-state index contributed by atoms with van der Waals surface area (Å²) in [6.07, 6.45) is 5.37. The second-order valence-electron chi connectivity index (χ2n) is 8.77. The normalized spacial score (nSPS) is 18.4. The summed E-state index contributed by atoms with van der Waals surface area (Å²) in [7, 11) is 1.51. The number of pyridine rings is 1. The molecule has 1 aliphatic rings. The Morgan fingerprint density at radius 3 is 2.71 bits per heavy atom. The molecule has 176 valence electrons. The number of ether oxygens (including phenoxy) is 1. The molecule has 1 aliphatic heterocycles. The van der Waals surface area contributed by atoms with Crippen LogP contribution in [0.2, 0.25) is 5.02 Å². The lowest BCUT2D eigenvalue weighted by molar-refractivity contribution is 0.102. The maximum Gasteiger partial charge on any atom is 0.316 e. The van der Waals surface area contributed by atoms with Crippen LogP contribution in [0.1, 0.15) is 29.9 Å². The maximum absolute atomic E-state index is 13.4. The van der Waals surface area contributed by atoms with Gasteiger partial charge in [-0.2, -0.15) is 4.98 Å². The van der Waals surface area contributed by atoms with Crippen LogP contribution in [0.15, 0.2) is 36.8 Å². The molecule has 1 aromatic carbocycles. The van der Waals surface area contributed by atoms with Gasteiger partial charge in [0.1, 0.15) is 0 Å². The first kappa shape index (κ1) is 22.4. The molecular formula is C24H26ClN7O2. The number of benzene rings is 1. The van der Waals surface area contributed by atoms with E-state index >= 15 is 0 Å². The molecule has 0 spiro atoms. The minimum atomic E-state index is -0.299. The average Bonchev–Trinajstić information content (AvgIpc) is 3.18. The molecule has 10 heteroatoms. The van der Waals surface area contributed by atoms with E-state index in [1.54, 1.807) is 28.9 Å². The van der Waals surface area contributed by atoms with Crippen LogP contribution in [0.3, 0.4) is 0 Å². The molecule has 34 heavy (non-hydrogen) atoms. The number of methoxy groups -OCH3 is 1. The third kappa shape index (κ3) is 4.12. The lowest BCUT2D eigenvalue weighted by Crippen LogP contribution is -2.54. The zero-order chi connectivity index (χ0) is 24.0. The fourth-order valence-electron chi connectivity index (χ4n) is 4.62. The molecule has 0 unspecified atom stereocenters. The van der Waals surface area contributed by atoms with Gasteiger partial charge in [-0.15, -0.1) is 0 Å². The Hall–Kier alpha value is -3.43. The number of amides is 1. The van der Waals surface area contributed by atoms with Gasteiger partial charge in [0.2, 0.25) is 0 Å². The molecule has 3 aromatic heterocycles. The SMILES string of the molecule is COc1ncc2c(N3C[C@H](C)N[C@@H](C)C3)ccc(C(=O)Nc3cc(Cl)c4nc(C)cn4c3)c2n1. The minimum absolute atomic E-state index is 0.208. The summed E-state index contributed by atoms with van der Waals surface area (Å²) in [5.41, 5.74) is 3.99. The zero-order valence-electron chi connectivity index (χ0n) is 19.5. The van der Waals surface area contributed by atoms with Crippen molar-refractivity contribution in [2.24, 2.45) is 0 Å². The molecule has 9 nitrogen and oxygen atoms in total. The Kier molecular flexibility index (Phi) is 5.75. The number of aromatic nitrogens is 4. The zero-order valence-corrected chi connectivity index (χ0v) is 20.2. The predicted molar refractivity (Wildman–Crippen MR) is 133 cm³/mol. The number of nitrogens with one attached hydrogen (secondary N) is 2. The van der Waals surface area contributed by atoms with E-state index in [1.165, 1.54) is 7.11 Å². The van der Waals surface area contributed by atoms with Crippen molar-refractivity contribution in [1.29, 1.82) is 0 Å². The number of imidazole rings is 1. The number of aryl methyl sites for hydroxylation is 1. The number of piperazine rings is 1. The number of hydrogen-bond donors (Lipinski definition) is 2. The van der Waals surface area contributed by atoms with Crippen LogP contribution < -0.4 is 20.3 Å². The number of carbonyl (C=O) groups is 1. The van der Waals surface area contributed by atoms with Crippen LogP contribution in [0, 0.1) is 6.92 Å². The second kappa shape index (κ2) is 8.73. The van der Waals surface area contributed by atoms with E-state index in [9.17, 15) is 4.79 Å². The molecule has 5 rings (SSSR count). The first-order chi connectivity index (χ1) is 16.3. The van der Waals surface area contributed by atoms with E-state index in [0.29, 0.717) is 39.5 Å². The van der Waals surface area contributed by atoms with Crippen LogP contribution in [0.4, 0.5) is 11.4 Å². The van der Waals surface area contributed by atoms with Crippen LogP contribution in [-0.2, 0) is 0 Å². The Balaban J connectivity index is 1.54. The van der Waals surface area contributed by atoms with Crippen molar-refractivity contribution in [3.63, 3.8) is 0 Å². The highest BCUT2D eigenvalue weighted by atomic mass is 35.5. The molecule has 0 saturated carbocycles. The number of rotatable bonds is 4. The van der Waals surface area contributed by atoms with Gasteiger partial charge >= 0.3 is 6.01 Å². The molecule has 0 radical (unpaired) electrons. The average molecular weight is 480 g/mol. The van der Waals surface area contributed by atoms with Gasteiger partial charge in [-0.05, 0) is 39.0 Å². The van der Waals surface area contributed by atoms with Crippen molar-refractivity contribution < 1.29 is 9.53 Å². The van der Waals surface area contributed by atoms with Gasteiger partial charge in [0.15, 0.2) is 5.65 Å². The minimum Gasteiger partial charge on any atom is -0.467 e. The van der Waals surface area contributed by atoms with Crippen LogP contribution in [0.25, 0.3) is 16.6 Å². The first-order valence-corrected chi connectivity index (χ1v) is 11.5. The molecule has 2 N–H and O–H groups in total. The third-order valence-electron chi connectivity index (χ3n) is 5.92. The maximum atomic E-state index is 13.4. The van der Waals surface area contributed by atoms with Crippen molar-refractivity contribution in [2.45, 2.75) is 32.9 Å².